The Labute approximate surface area is 151 Å². The molecule has 1 unspecified atom stereocenters. The number of hydrogen-bond donors (Lipinski definition) is 1. The third-order valence-corrected chi connectivity index (χ3v) is 4.04. The number of hydrogen-bond acceptors (Lipinski definition) is 3. The largest absolute Gasteiger partial charge is 0.479 e. The number of benzene rings is 2. The van der Waals surface area contributed by atoms with Gasteiger partial charge >= 0.3 is 0 Å². The molecular weight excluding hydrogens is 345 g/mol. The Balaban J connectivity index is 2.00. The van der Waals surface area contributed by atoms with E-state index < -0.39 is 11.9 Å². The summed E-state index contributed by atoms with van der Waals surface area (Å²) in [7, 11) is 0. The molecule has 0 bridgehead atoms. The highest BCUT2D eigenvalue weighted by atomic mass is 35.5. The topological polar surface area (TPSA) is 49.8 Å². The van der Waals surface area contributed by atoms with Crippen LogP contribution in [-0.2, 0) is 11.2 Å². The second kappa shape index (κ2) is 9.39. The molecule has 2 aromatic rings. The summed E-state index contributed by atoms with van der Waals surface area (Å²) in [6.07, 6.45) is -0.123. The molecule has 6 heteroatoms. The molecule has 134 valence electrons. The minimum Gasteiger partial charge on any atom is -0.479 e. The molecule has 0 aromatic heterocycles. The van der Waals surface area contributed by atoms with Gasteiger partial charge in [-0.15, -0.1) is 0 Å². The van der Waals surface area contributed by atoms with Gasteiger partial charge in [-0.25, -0.2) is 4.39 Å². The van der Waals surface area contributed by atoms with Crippen molar-refractivity contribution in [2.24, 2.45) is 0 Å². The Morgan fingerprint density at radius 3 is 2.60 bits per heavy atom. The summed E-state index contributed by atoms with van der Waals surface area (Å²) < 4.78 is 18.7. The van der Waals surface area contributed by atoms with Gasteiger partial charge in [-0.2, -0.15) is 0 Å². The van der Waals surface area contributed by atoms with Gasteiger partial charge in [0.2, 0.25) is 0 Å². The van der Waals surface area contributed by atoms with E-state index >= 15 is 0 Å². The number of aliphatic hydroxyl groups excluding tert-OH is 1. The van der Waals surface area contributed by atoms with E-state index in [9.17, 15) is 14.3 Å². The van der Waals surface area contributed by atoms with Crippen LogP contribution in [0.25, 0.3) is 0 Å². The number of ether oxygens (including phenoxy) is 1. The predicted octanol–water partition coefficient (Wildman–Crippen LogP) is 3.31. The van der Waals surface area contributed by atoms with Crippen LogP contribution >= 0.6 is 11.6 Å². The van der Waals surface area contributed by atoms with Crippen molar-refractivity contribution in [2.75, 3.05) is 19.7 Å². The maximum Gasteiger partial charge on any atom is 0.263 e. The van der Waals surface area contributed by atoms with Crippen LogP contribution < -0.4 is 4.74 Å². The van der Waals surface area contributed by atoms with Gasteiger partial charge in [0, 0.05) is 13.1 Å². The Hall–Kier alpha value is -2.11. The van der Waals surface area contributed by atoms with Gasteiger partial charge in [-0.3, -0.25) is 4.79 Å². The average molecular weight is 366 g/mol. The van der Waals surface area contributed by atoms with E-state index in [1.54, 1.807) is 11.8 Å². The maximum atomic E-state index is 13.1. The molecule has 0 radical (unpaired) electrons. The number of carbonyl (C=O) groups is 1. The summed E-state index contributed by atoms with van der Waals surface area (Å²) in [5.41, 5.74) is 1.10. The van der Waals surface area contributed by atoms with Gasteiger partial charge in [-0.05, 0) is 37.1 Å². The normalized spacial score (nSPS) is 11.8. The van der Waals surface area contributed by atoms with E-state index in [4.69, 9.17) is 16.3 Å². The van der Waals surface area contributed by atoms with Gasteiger partial charge in [0.25, 0.3) is 5.91 Å². The number of carbonyl (C=O) groups excluding carboxylic acids is 1. The van der Waals surface area contributed by atoms with Gasteiger partial charge in [0.1, 0.15) is 11.6 Å². The lowest BCUT2D eigenvalue weighted by molar-refractivity contribution is -0.138. The summed E-state index contributed by atoms with van der Waals surface area (Å²) in [5, 5.41) is 9.34. The number of rotatable bonds is 8. The molecule has 0 spiro atoms. The third-order valence-electron chi connectivity index (χ3n) is 3.74. The molecule has 0 saturated carbocycles. The Bertz CT molecular complexity index is 696. The van der Waals surface area contributed by atoms with Crippen molar-refractivity contribution in [2.45, 2.75) is 19.4 Å². The lowest BCUT2D eigenvalue weighted by Gasteiger charge is -2.25. The summed E-state index contributed by atoms with van der Waals surface area (Å²) in [6, 6.07) is 13.5. The Kier molecular flexibility index (Phi) is 7.22. The molecule has 25 heavy (non-hydrogen) atoms. The van der Waals surface area contributed by atoms with Crippen molar-refractivity contribution >= 4 is 17.5 Å². The predicted molar refractivity (Wildman–Crippen MR) is 95.3 cm³/mol. The fourth-order valence-electron chi connectivity index (χ4n) is 2.43. The van der Waals surface area contributed by atoms with Crippen molar-refractivity contribution < 1.29 is 19.0 Å². The minimum absolute atomic E-state index is 0.109. The van der Waals surface area contributed by atoms with Crippen LogP contribution in [0.1, 0.15) is 12.5 Å². The van der Waals surface area contributed by atoms with Crippen LogP contribution in [0.15, 0.2) is 48.5 Å². The molecule has 1 amide bonds. The maximum absolute atomic E-state index is 13.1. The number of amides is 1. The Morgan fingerprint density at radius 1 is 1.24 bits per heavy atom. The van der Waals surface area contributed by atoms with Crippen LogP contribution in [0.5, 0.6) is 5.75 Å². The first kappa shape index (κ1) is 19.2. The number of aliphatic hydroxyl groups is 1. The molecule has 0 aliphatic rings. The molecule has 0 fully saturated rings. The molecule has 4 nitrogen and oxygen atoms in total. The summed E-state index contributed by atoms with van der Waals surface area (Å²) >= 11 is 5.93. The van der Waals surface area contributed by atoms with Crippen molar-refractivity contribution in [1.29, 1.82) is 0 Å². The second-order valence-corrected chi connectivity index (χ2v) is 6.03. The van der Waals surface area contributed by atoms with Crippen LogP contribution in [0.4, 0.5) is 4.39 Å². The molecule has 1 atom stereocenters. The smallest absolute Gasteiger partial charge is 0.263 e. The number of halogens is 2. The lowest BCUT2D eigenvalue weighted by Crippen LogP contribution is -2.43. The zero-order valence-corrected chi connectivity index (χ0v) is 14.7. The highest BCUT2D eigenvalue weighted by Crippen LogP contribution is 2.26. The molecular formula is C19H21ClFNO3. The van der Waals surface area contributed by atoms with Gasteiger partial charge in [0.05, 0.1) is 11.6 Å². The van der Waals surface area contributed by atoms with Crippen LogP contribution in [0.2, 0.25) is 5.02 Å². The van der Waals surface area contributed by atoms with E-state index in [1.807, 2.05) is 30.3 Å². The van der Waals surface area contributed by atoms with E-state index in [0.717, 1.165) is 11.6 Å². The molecule has 0 aliphatic heterocycles. The monoisotopic (exact) mass is 365 g/mol. The average Bonchev–Trinajstić information content (AvgIpc) is 2.61. The van der Waals surface area contributed by atoms with Crippen molar-refractivity contribution in [3.8, 4) is 5.75 Å². The molecule has 0 heterocycles. The van der Waals surface area contributed by atoms with Gasteiger partial charge in [0.15, 0.2) is 6.10 Å². The minimum atomic E-state index is -0.801. The first-order chi connectivity index (χ1) is 12.0. The van der Waals surface area contributed by atoms with E-state index in [1.165, 1.54) is 12.1 Å². The van der Waals surface area contributed by atoms with Crippen LogP contribution in [0.3, 0.4) is 0 Å². The van der Waals surface area contributed by atoms with Gasteiger partial charge in [-0.1, -0.05) is 41.9 Å². The van der Waals surface area contributed by atoms with Crippen LogP contribution in [0, 0.1) is 5.82 Å². The zero-order valence-electron chi connectivity index (χ0n) is 14.0. The molecule has 2 rings (SSSR count). The standard InChI is InChI=1S/C19H21ClFNO3/c1-14(25-18-8-7-16(21)13-17(18)20)19(24)22(11-12-23)10-9-15-5-3-2-4-6-15/h2-8,13-14,23H,9-12H2,1H3. The summed E-state index contributed by atoms with van der Waals surface area (Å²) in [5.74, 6) is -0.484. The zero-order chi connectivity index (χ0) is 18.2. The van der Waals surface area contributed by atoms with Crippen LogP contribution in [-0.4, -0.2) is 41.7 Å². The summed E-state index contributed by atoms with van der Waals surface area (Å²) in [6.45, 7) is 2.16. The van der Waals surface area contributed by atoms with Crippen molar-refractivity contribution in [3.63, 3.8) is 0 Å². The fourth-order valence-corrected chi connectivity index (χ4v) is 2.64. The van der Waals surface area contributed by atoms with E-state index in [-0.39, 0.29) is 29.8 Å². The SMILES string of the molecule is CC(Oc1ccc(F)cc1Cl)C(=O)N(CCO)CCc1ccccc1. The summed E-state index contributed by atoms with van der Waals surface area (Å²) in [4.78, 5) is 14.2. The molecule has 0 saturated heterocycles. The quantitative estimate of drug-likeness (QED) is 0.780. The second-order valence-electron chi connectivity index (χ2n) is 5.62. The van der Waals surface area contributed by atoms with E-state index in [0.29, 0.717) is 13.0 Å². The highest BCUT2D eigenvalue weighted by Gasteiger charge is 2.22. The lowest BCUT2D eigenvalue weighted by atomic mass is 10.1. The molecule has 1 N–H and O–H groups in total. The number of nitrogens with zero attached hydrogens (tertiary/aromatic N) is 1. The van der Waals surface area contributed by atoms with Crippen molar-refractivity contribution in [1.82, 2.24) is 4.90 Å². The highest BCUT2D eigenvalue weighted by molar-refractivity contribution is 6.32. The first-order valence-corrected chi connectivity index (χ1v) is 8.44. The third kappa shape index (κ3) is 5.73. The first-order valence-electron chi connectivity index (χ1n) is 8.06. The van der Waals surface area contributed by atoms with E-state index in [2.05, 4.69) is 0 Å². The molecule has 0 aliphatic carbocycles. The van der Waals surface area contributed by atoms with Gasteiger partial charge < -0.3 is 14.7 Å². The fraction of sp³-hybridized carbons (Fsp3) is 0.316. The van der Waals surface area contributed by atoms with Crippen molar-refractivity contribution in [3.05, 3.63) is 64.9 Å². The molecule has 2 aromatic carbocycles. The Morgan fingerprint density at radius 2 is 1.96 bits per heavy atom.